The normalized spacial score (nSPS) is 27.9. The number of rotatable bonds is 8. The second kappa shape index (κ2) is 8.65. The monoisotopic (exact) mass is 491 g/mol. The molecule has 2 atom stereocenters. The Labute approximate surface area is 203 Å². The number of nitrogens with zero attached hydrogens (tertiary/aromatic N) is 4. The molecule has 190 valence electrons. The van der Waals surface area contributed by atoms with E-state index >= 15 is 0 Å². The molecule has 1 aromatic heterocycles. The SMILES string of the molecule is COc1c(F)cc(F)c2nc(OC[C@@]34CCCN3C[C@H](F)C4)nc(NCC3(N4CCC4)CCC3)c12. The van der Waals surface area contributed by atoms with Crippen LogP contribution in [0.2, 0.25) is 0 Å². The summed E-state index contributed by atoms with van der Waals surface area (Å²) in [6.07, 6.45) is 5.89. The Hall–Kier alpha value is -2.33. The minimum Gasteiger partial charge on any atom is -0.493 e. The molecule has 6 rings (SSSR count). The van der Waals surface area contributed by atoms with Crippen LogP contribution in [0.4, 0.5) is 19.0 Å². The first-order valence-electron chi connectivity index (χ1n) is 12.7. The Morgan fingerprint density at radius 2 is 1.80 bits per heavy atom. The van der Waals surface area contributed by atoms with Crippen molar-refractivity contribution in [1.29, 1.82) is 0 Å². The van der Waals surface area contributed by atoms with Crippen LogP contribution in [0.5, 0.6) is 11.8 Å². The van der Waals surface area contributed by atoms with Gasteiger partial charge in [-0.15, -0.1) is 0 Å². The van der Waals surface area contributed by atoms with Gasteiger partial charge in [0.15, 0.2) is 17.4 Å². The van der Waals surface area contributed by atoms with Gasteiger partial charge >= 0.3 is 6.01 Å². The van der Waals surface area contributed by atoms with Crippen molar-refractivity contribution in [3.05, 3.63) is 17.7 Å². The number of benzene rings is 1. The lowest BCUT2D eigenvalue weighted by atomic mass is 9.73. The van der Waals surface area contributed by atoms with Crippen molar-refractivity contribution in [2.45, 2.75) is 62.2 Å². The van der Waals surface area contributed by atoms with Crippen molar-refractivity contribution in [2.24, 2.45) is 0 Å². The average molecular weight is 492 g/mol. The van der Waals surface area contributed by atoms with Crippen molar-refractivity contribution < 1.29 is 22.6 Å². The molecular weight excluding hydrogens is 459 g/mol. The van der Waals surface area contributed by atoms with E-state index in [9.17, 15) is 13.2 Å². The average Bonchev–Trinajstić information content (AvgIpc) is 3.28. The number of anilines is 1. The first kappa shape index (κ1) is 23.1. The molecule has 1 saturated carbocycles. The zero-order valence-corrected chi connectivity index (χ0v) is 20.1. The topological polar surface area (TPSA) is 62.8 Å². The van der Waals surface area contributed by atoms with Gasteiger partial charge in [-0.25, -0.2) is 13.2 Å². The second-order valence-corrected chi connectivity index (χ2v) is 10.6. The van der Waals surface area contributed by atoms with Gasteiger partial charge in [-0.05, 0) is 58.2 Å². The number of fused-ring (bicyclic) bond motifs is 2. The minimum atomic E-state index is -0.876. The van der Waals surface area contributed by atoms with E-state index in [-0.39, 0.29) is 40.3 Å². The summed E-state index contributed by atoms with van der Waals surface area (Å²) < 4.78 is 55.0. The molecule has 0 bridgehead atoms. The van der Waals surface area contributed by atoms with Gasteiger partial charge in [0.2, 0.25) is 0 Å². The maximum Gasteiger partial charge on any atom is 0.319 e. The molecule has 1 aromatic carbocycles. The summed E-state index contributed by atoms with van der Waals surface area (Å²) >= 11 is 0. The van der Waals surface area contributed by atoms with Crippen LogP contribution in [0.15, 0.2) is 6.07 Å². The highest BCUT2D eigenvalue weighted by Gasteiger charge is 2.49. The Bertz CT molecular complexity index is 1130. The Morgan fingerprint density at radius 3 is 2.49 bits per heavy atom. The highest BCUT2D eigenvalue weighted by atomic mass is 19.1. The van der Waals surface area contributed by atoms with E-state index in [4.69, 9.17) is 9.47 Å². The van der Waals surface area contributed by atoms with Gasteiger partial charge < -0.3 is 14.8 Å². The molecule has 4 fully saturated rings. The summed E-state index contributed by atoms with van der Waals surface area (Å²) in [6, 6.07) is 0.778. The number of halogens is 3. The molecule has 3 aliphatic heterocycles. The maximum atomic E-state index is 14.9. The summed E-state index contributed by atoms with van der Waals surface area (Å²) in [5.74, 6) is -1.42. The van der Waals surface area contributed by atoms with Crippen molar-refractivity contribution in [1.82, 2.24) is 19.8 Å². The first-order chi connectivity index (χ1) is 16.9. The maximum absolute atomic E-state index is 14.9. The third kappa shape index (κ3) is 3.80. The lowest BCUT2D eigenvalue weighted by molar-refractivity contribution is -0.0181. The Morgan fingerprint density at radius 1 is 1.03 bits per heavy atom. The van der Waals surface area contributed by atoms with Crippen LogP contribution in [0.3, 0.4) is 0 Å². The number of hydrogen-bond donors (Lipinski definition) is 1. The lowest BCUT2D eigenvalue weighted by Gasteiger charge is -2.54. The number of likely N-dealkylation sites (tertiary alicyclic amines) is 1. The highest BCUT2D eigenvalue weighted by molar-refractivity contribution is 5.95. The smallest absolute Gasteiger partial charge is 0.319 e. The van der Waals surface area contributed by atoms with E-state index in [1.54, 1.807) is 0 Å². The second-order valence-electron chi connectivity index (χ2n) is 10.6. The van der Waals surface area contributed by atoms with Crippen LogP contribution in [0, 0.1) is 11.6 Å². The number of methoxy groups -OCH3 is 1. The van der Waals surface area contributed by atoms with Gasteiger partial charge in [0.05, 0.1) is 18.0 Å². The number of ether oxygens (including phenoxy) is 2. The minimum absolute atomic E-state index is 0.00250. The van der Waals surface area contributed by atoms with Crippen molar-refractivity contribution in [3.8, 4) is 11.8 Å². The molecule has 4 aliphatic rings. The quantitative estimate of drug-likeness (QED) is 0.601. The molecule has 0 unspecified atom stereocenters. The highest BCUT2D eigenvalue weighted by Crippen LogP contribution is 2.43. The number of hydrogen-bond acceptors (Lipinski definition) is 7. The van der Waals surface area contributed by atoms with Crippen LogP contribution in [-0.2, 0) is 0 Å². The number of aromatic nitrogens is 2. The Kier molecular flexibility index (Phi) is 5.71. The summed E-state index contributed by atoms with van der Waals surface area (Å²) in [6.45, 7) is 4.25. The van der Waals surface area contributed by atoms with E-state index in [2.05, 4.69) is 25.1 Å². The standard InChI is InChI=1S/C25H32F3N5O2/c1-34-21-18(28)11-17(27)20-19(21)22(29-14-24(5-2-6-24)32-9-4-10-32)31-23(30-20)35-15-25-7-3-8-33(25)13-16(26)12-25/h11,16H,2-10,12-15H2,1H3,(H,29,30,31)/t16-,25+/m1/s1. The molecule has 3 saturated heterocycles. The molecule has 2 aromatic rings. The fourth-order valence-electron chi connectivity index (χ4n) is 6.46. The zero-order chi connectivity index (χ0) is 24.2. The van der Waals surface area contributed by atoms with Gasteiger partial charge in [-0.3, -0.25) is 9.80 Å². The van der Waals surface area contributed by atoms with E-state index in [1.807, 2.05) is 0 Å². The third-order valence-corrected chi connectivity index (χ3v) is 8.64. The molecular formula is C25H32F3N5O2. The predicted octanol–water partition coefficient (Wildman–Crippen LogP) is 3.91. The summed E-state index contributed by atoms with van der Waals surface area (Å²) in [7, 11) is 1.35. The van der Waals surface area contributed by atoms with E-state index in [0.717, 1.165) is 57.8 Å². The molecule has 0 spiro atoms. The first-order valence-corrected chi connectivity index (χ1v) is 12.7. The zero-order valence-electron chi connectivity index (χ0n) is 20.1. The summed E-state index contributed by atoms with van der Waals surface area (Å²) in [4.78, 5) is 13.5. The largest absolute Gasteiger partial charge is 0.493 e. The molecule has 0 amide bonds. The van der Waals surface area contributed by atoms with Gasteiger partial charge in [-0.2, -0.15) is 9.97 Å². The molecule has 1 N–H and O–H groups in total. The number of alkyl halides is 1. The van der Waals surface area contributed by atoms with Gasteiger partial charge in [0, 0.05) is 31.1 Å². The van der Waals surface area contributed by atoms with Crippen LogP contribution in [0.1, 0.15) is 44.9 Å². The Balaban J connectivity index is 1.33. The fraction of sp³-hybridized carbons (Fsp3) is 0.680. The van der Waals surface area contributed by atoms with E-state index in [0.29, 0.717) is 25.3 Å². The van der Waals surface area contributed by atoms with Crippen LogP contribution < -0.4 is 14.8 Å². The third-order valence-electron chi connectivity index (χ3n) is 8.64. The number of nitrogens with one attached hydrogen (secondary N) is 1. The molecule has 7 nitrogen and oxygen atoms in total. The van der Waals surface area contributed by atoms with Crippen molar-refractivity contribution in [2.75, 3.05) is 51.8 Å². The lowest BCUT2D eigenvalue weighted by Crippen LogP contribution is -2.62. The van der Waals surface area contributed by atoms with Gasteiger partial charge in [0.1, 0.15) is 24.1 Å². The predicted molar refractivity (Wildman–Crippen MR) is 126 cm³/mol. The van der Waals surface area contributed by atoms with Crippen LogP contribution >= 0.6 is 0 Å². The van der Waals surface area contributed by atoms with E-state index in [1.165, 1.54) is 13.5 Å². The van der Waals surface area contributed by atoms with Crippen molar-refractivity contribution >= 4 is 16.7 Å². The van der Waals surface area contributed by atoms with E-state index < -0.39 is 17.8 Å². The fourth-order valence-corrected chi connectivity index (χ4v) is 6.46. The van der Waals surface area contributed by atoms with Crippen LogP contribution in [0.25, 0.3) is 10.9 Å². The molecule has 4 heterocycles. The van der Waals surface area contributed by atoms with Gasteiger partial charge in [0.25, 0.3) is 0 Å². The molecule has 10 heteroatoms. The molecule has 0 radical (unpaired) electrons. The van der Waals surface area contributed by atoms with Crippen LogP contribution in [-0.4, -0.2) is 83.5 Å². The molecule has 35 heavy (non-hydrogen) atoms. The summed E-state index contributed by atoms with van der Waals surface area (Å²) in [5.41, 5.74) is -0.394. The van der Waals surface area contributed by atoms with Crippen molar-refractivity contribution in [3.63, 3.8) is 0 Å². The van der Waals surface area contributed by atoms with Gasteiger partial charge in [-0.1, -0.05) is 0 Å². The molecule has 1 aliphatic carbocycles. The summed E-state index contributed by atoms with van der Waals surface area (Å²) in [5, 5.41) is 3.54.